The van der Waals surface area contributed by atoms with Crippen LogP contribution in [0.4, 0.5) is 0 Å². The van der Waals surface area contributed by atoms with Crippen LogP contribution >= 0.6 is 0 Å². The minimum atomic E-state index is -1.18. The lowest BCUT2D eigenvalue weighted by Crippen LogP contribution is -2.39. The van der Waals surface area contributed by atoms with Gasteiger partial charge in [-0.05, 0) is 31.0 Å². The van der Waals surface area contributed by atoms with Gasteiger partial charge in [0.25, 0.3) is 0 Å². The lowest BCUT2D eigenvalue weighted by Gasteiger charge is -2.06. The topological polar surface area (TPSA) is 230 Å². The quantitative estimate of drug-likeness (QED) is 0.275. The third-order valence-electron chi connectivity index (χ3n) is 2.69. The Bertz CT molecular complexity index is 563. The van der Waals surface area contributed by atoms with Crippen LogP contribution in [0.25, 0.3) is 0 Å². The largest absolute Gasteiger partial charge is 0.508 e. The first-order valence-electron chi connectivity index (χ1n) is 7.26. The molecule has 1 aromatic carbocycles. The molecule has 0 aliphatic rings. The number of benzene rings is 1. The second kappa shape index (κ2) is 13.5. The van der Waals surface area contributed by atoms with Crippen LogP contribution in [-0.2, 0) is 20.8 Å². The molecule has 0 aliphatic carbocycles. The SMILES string of the molecule is CC(O)C(N)C(=O)O.NC(Cc1ccc(O)cc1)C(=O)O.NCC(=O)O. The lowest BCUT2D eigenvalue weighted by atomic mass is 10.1. The highest BCUT2D eigenvalue weighted by Gasteiger charge is 2.16. The summed E-state index contributed by atoms with van der Waals surface area (Å²) in [5.74, 6) is -3.01. The first-order chi connectivity index (χ1) is 11.9. The Labute approximate surface area is 149 Å². The van der Waals surface area contributed by atoms with Crippen molar-refractivity contribution in [3.8, 4) is 5.75 Å². The minimum absolute atomic E-state index is 0.160. The maximum atomic E-state index is 10.4. The Balaban J connectivity index is 0. The zero-order valence-electron chi connectivity index (χ0n) is 14.1. The van der Waals surface area contributed by atoms with Crippen LogP contribution < -0.4 is 17.2 Å². The fourth-order valence-electron chi connectivity index (χ4n) is 1.18. The number of phenols is 1. The number of nitrogens with two attached hydrogens (primary N) is 3. The molecule has 0 saturated carbocycles. The second-order valence-corrected chi connectivity index (χ2v) is 5.02. The van der Waals surface area contributed by atoms with Crippen LogP contribution in [0.15, 0.2) is 24.3 Å². The number of aliphatic hydroxyl groups excluding tert-OH is 1. The first-order valence-corrected chi connectivity index (χ1v) is 7.26. The van der Waals surface area contributed by atoms with Gasteiger partial charge in [-0.1, -0.05) is 12.1 Å². The molecule has 11 nitrogen and oxygen atoms in total. The number of phenolic OH excluding ortho intramolecular Hbond substituents is 1. The summed E-state index contributed by atoms with van der Waals surface area (Å²) in [6.45, 7) is 1.05. The Hall–Kier alpha value is -2.73. The predicted molar refractivity (Wildman–Crippen MR) is 91.4 cm³/mol. The second-order valence-electron chi connectivity index (χ2n) is 5.02. The van der Waals surface area contributed by atoms with Crippen molar-refractivity contribution < 1.29 is 39.9 Å². The van der Waals surface area contributed by atoms with E-state index in [0.29, 0.717) is 0 Å². The lowest BCUT2D eigenvalue weighted by molar-refractivity contribution is -0.141. The van der Waals surface area contributed by atoms with Crippen molar-refractivity contribution in [2.75, 3.05) is 6.54 Å². The van der Waals surface area contributed by atoms with Crippen molar-refractivity contribution in [1.82, 2.24) is 0 Å². The van der Waals surface area contributed by atoms with E-state index in [2.05, 4.69) is 5.73 Å². The summed E-state index contributed by atoms with van der Waals surface area (Å²) in [5.41, 5.74) is 15.6. The summed E-state index contributed by atoms with van der Waals surface area (Å²) in [4.78, 5) is 29.5. The molecule has 0 radical (unpaired) electrons. The summed E-state index contributed by atoms with van der Waals surface area (Å²) < 4.78 is 0. The van der Waals surface area contributed by atoms with Gasteiger partial charge in [-0.15, -0.1) is 0 Å². The third-order valence-corrected chi connectivity index (χ3v) is 2.69. The van der Waals surface area contributed by atoms with E-state index < -0.39 is 36.1 Å². The summed E-state index contributed by atoms with van der Waals surface area (Å²) in [6.07, 6.45) is -0.706. The molecule has 26 heavy (non-hydrogen) atoms. The van der Waals surface area contributed by atoms with Gasteiger partial charge < -0.3 is 42.7 Å². The normalized spacial score (nSPS) is 13.0. The Kier molecular flexibility index (Phi) is 13.3. The van der Waals surface area contributed by atoms with Crippen molar-refractivity contribution in [2.24, 2.45) is 17.2 Å². The summed E-state index contributed by atoms with van der Waals surface area (Å²) in [5, 5.41) is 41.6. The number of hydrogen-bond acceptors (Lipinski definition) is 8. The molecule has 3 unspecified atom stereocenters. The van der Waals surface area contributed by atoms with Crippen LogP contribution in [0.3, 0.4) is 0 Å². The zero-order valence-corrected chi connectivity index (χ0v) is 14.1. The molecule has 148 valence electrons. The Morgan fingerprint density at radius 1 is 1.00 bits per heavy atom. The molecular formula is C15H25N3O8. The molecule has 11 heteroatoms. The number of carboxylic acids is 3. The number of carbonyl (C=O) groups is 3. The number of aliphatic hydroxyl groups is 1. The standard InChI is InChI=1S/C9H11NO3.C4H9NO3.C2H5NO2/c10-8(9(12)13)5-6-1-3-7(11)4-2-6;1-2(6)3(5)4(7)8;3-1-2(4)5/h1-4,8,11H,5,10H2,(H,12,13);2-3,6H,5H2,1H3,(H,7,8);1,3H2,(H,4,5). The average molecular weight is 375 g/mol. The van der Waals surface area contributed by atoms with Gasteiger partial charge in [-0.25, -0.2) is 0 Å². The van der Waals surface area contributed by atoms with Crippen molar-refractivity contribution in [3.63, 3.8) is 0 Å². The molecule has 11 N–H and O–H groups in total. The van der Waals surface area contributed by atoms with Gasteiger partial charge in [0.15, 0.2) is 0 Å². The molecule has 0 heterocycles. The smallest absolute Gasteiger partial charge is 0.323 e. The predicted octanol–water partition coefficient (Wildman–Crippen LogP) is -1.84. The Morgan fingerprint density at radius 2 is 1.42 bits per heavy atom. The van der Waals surface area contributed by atoms with Crippen LogP contribution in [0.5, 0.6) is 5.75 Å². The molecular weight excluding hydrogens is 350 g/mol. The fraction of sp³-hybridized carbons (Fsp3) is 0.400. The van der Waals surface area contributed by atoms with Gasteiger partial charge in [0.05, 0.1) is 12.6 Å². The maximum absolute atomic E-state index is 10.4. The number of rotatable bonds is 6. The molecule has 1 rings (SSSR count). The van der Waals surface area contributed by atoms with Crippen LogP contribution in [0.2, 0.25) is 0 Å². The van der Waals surface area contributed by atoms with E-state index in [1.54, 1.807) is 12.1 Å². The number of aromatic hydroxyl groups is 1. The van der Waals surface area contributed by atoms with E-state index in [1.807, 2.05) is 0 Å². The van der Waals surface area contributed by atoms with E-state index in [-0.39, 0.29) is 18.7 Å². The summed E-state index contributed by atoms with van der Waals surface area (Å²) >= 11 is 0. The van der Waals surface area contributed by atoms with Gasteiger partial charge in [0, 0.05) is 0 Å². The molecule has 0 amide bonds. The van der Waals surface area contributed by atoms with Crippen LogP contribution in [0.1, 0.15) is 12.5 Å². The van der Waals surface area contributed by atoms with Crippen LogP contribution in [-0.4, -0.2) is 68.2 Å². The number of carboxylic acid groups (broad SMARTS) is 3. The highest BCUT2D eigenvalue weighted by molar-refractivity contribution is 5.74. The van der Waals surface area contributed by atoms with Gasteiger partial charge in [0.2, 0.25) is 0 Å². The molecule has 3 atom stereocenters. The zero-order chi connectivity index (χ0) is 20.9. The molecule has 0 saturated heterocycles. The molecule has 0 aliphatic heterocycles. The van der Waals surface area contributed by atoms with Gasteiger partial charge in [-0.2, -0.15) is 0 Å². The highest BCUT2D eigenvalue weighted by atomic mass is 16.4. The number of aliphatic carboxylic acids is 3. The molecule has 1 aromatic rings. The minimum Gasteiger partial charge on any atom is -0.508 e. The Morgan fingerprint density at radius 3 is 1.65 bits per heavy atom. The van der Waals surface area contributed by atoms with E-state index in [0.717, 1.165) is 5.56 Å². The fourth-order valence-corrected chi connectivity index (χ4v) is 1.18. The van der Waals surface area contributed by atoms with E-state index in [4.69, 9.17) is 37.0 Å². The highest BCUT2D eigenvalue weighted by Crippen LogP contribution is 2.10. The van der Waals surface area contributed by atoms with E-state index in [1.165, 1.54) is 19.1 Å². The molecule has 0 bridgehead atoms. The van der Waals surface area contributed by atoms with Crippen LogP contribution in [0, 0.1) is 0 Å². The molecule has 0 aromatic heterocycles. The maximum Gasteiger partial charge on any atom is 0.323 e. The van der Waals surface area contributed by atoms with Gasteiger partial charge >= 0.3 is 17.9 Å². The average Bonchev–Trinajstić information content (AvgIpc) is 2.56. The van der Waals surface area contributed by atoms with Crippen molar-refractivity contribution in [2.45, 2.75) is 31.5 Å². The number of hydrogen-bond donors (Lipinski definition) is 8. The molecule has 0 spiro atoms. The molecule has 0 fully saturated rings. The first kappa shape index (κ1) is 25.5. The van der Waals surface area contributed by atoms with E-state index in [9.17, 15) is 14.4 Å². The van der Waals surface area contributed by atoms with Gasteiger partial charge in [-0.3, -0.25) is 14.4 Å². The monoisotopic (exact) mass is 375 g/mol. The van der Waals surface area contributed by atoms with Crippen molar-refractivity contribution in [1.29, 1.82) is 0 Å². The summed E-state index contributed by atoms with van der Waals surface area (Å²) in [7, 11) is 0. The van der Waals surface area contributed by atoms with E-state index >= 15 is 0 Å². The summed E-state index contributed by atoms with van der Waals surface area (Å²) in [6, 6.07) is 4.27. The van der Waals surface area contributed by atoms with Crippen molar-refractivity contribution >= 4 is 17.9 Å². The van der Waals surface area contributed by atoms with Crippen molar-refractivity contribution in [3.05, 3.63) is 29.8 Å². The van der Waals surface area contributed by atoms with Gasteiger partial charge in [0.1, 0.15) is 17.8 Å². The third kappa shape index (κ3) is 13.7.